The van der Waals surface area contributed by atoms with E-state index in [1.165, 1.54) is 23.5 Å². The van der Waals surface area contributed by atoms with Gasteiger partial charge in [0, 0.05) is 25.0 Å². The molecule has 1 aliphatic heterocycles. The Morgan fingerprint density at radius 3 is 2.23 bits per heavy atom. The third kappa shape index (κ3) is 9.48. The van der Waals surface area contributed by atoms with Gasteiger partial charge in [-0.25, -0.2) is 4.98 Å². The average molecular weight is 734 g/mol. The predicted octanol–water partition coefficient (Wildman–Crippen LogP) is 3.85. The van der Waals surface area contributed by atoms with Crippen molar-refractivity contribution in [3.63, 3.8) is 0 Å². The largest absolute Gasteiger partial charge is 0.405 e. The molecule has 7 atom stereocenters. The first kappa shape index (κ1) is 39.6. The Balaban J connectivity index is 1.43. The van der Waals surface area contributed by atoms with Gasteiger partial charge < -0.3 is 20.9 Å². The molecule has 0 radical (unpaired) electrons. The van der Waals surface area contributed by atoms with Crippen LogP contribution in [0.5, 0.6) is 0 Å². The van der Waals surface area contributed by atoms with Crippen molar-refractivity contribution in [2.45, 2.75) is 147 Å². The number of hydrogen-bond acceptors (Lipinski definition) is 8. The van der Waals surface area contributed by atoms with Crippen molar-refractivity contribution in [3.05, 3.63) is 24.3 Å². The van der Waals surface area contributed by atoms with Gasteiger partial charge in [-0.05, 0) is 68.1 Å². The van der Waals surface area contributed by atoms with Crippen molar-refractivity contribution in [3.8, 4) is 0 Å². The number of alkyl halides is 3. The number of likely N-dealkylation sites (tertiary alicyclic amines) is 1. The predicted molar refractivity (Wildman–Crippen MR) is 185 cm³/mol. The van der Waals surface area contributed by atoms with Gasteiger partial charge in [-0.1, -0.05) is 59.8 Å². The molecule has 1 aromatic rings. The molecule has 0 aromatic carbocycles. The number of carbonyl (C=O) groups is 5. The van der Waals surface area contributed by atoms with Crippen LogP contribution in [-0.2, 0) is 19.2 Å². The number of amides is 4. The van der Waals surface area contributed by atoms with E-state index in [1.54, 1.807) is 20.8 Å². The number of nitrogens with one attached hydrogen (secondary N) is 4. The summed E-state index contributed by atoms with van der Waals surface area (Å²) in [5.41, 5.74) is -1.16. The van der Waals surface area contributed by atoms with E-state index in [1.807, 2.05) is 6.92 Å². The Labute approximate surface area is 303 Å². The van der Waals surface area contributed by atoms with Crippen LogP contribution in [0.3, 0.4) is 0 Å². The summed E-state index contributed by atoms with van der Waals surface area (Å²) in [4.78, 5) is 77.2. The highest BCUT2D eigenvalue weighted by atomic mass is 19.4. The van der Waals surface area contributed by atoms with Crippen molar-refractivity contribution in [2.24, 2.45) is 23.2 Å². The number of aromatic nitrogens is 2. The van der Waals surface area contributed by atoms with Crippen molar-refractivity contribution < 1.29 is 37.1 Å². The first-order valence-electron chi connectivity index (χ1n) is 18.9. The first-order valence-corrected chi connectivity index (χ1v) is 18.9. The monoisotopic (exact) mass is 733 g/mol. The number of carbonyl (C=O) groups excluding carboxylic acids is 5. The van der Waals surface area contributed by atoms with E-state index in [0.29, 0.717) is 38.5 Å². The van der Waals surface area contributed by atoms with Crippen LogP contribution < -0.4 is 21.3 Å². The summed E-state index contributed by atoms with van der Waals surface area (Å²) in [7, 11) is 0. The van der Waals surface area contributed by atoms with Gasteiger partial charge in [-0.2, -0.15) is 13.2 Å². The van der Waals surface area contributed by atoms with E-state index in [2.05, 4.69) is 31.2 Å². The zero-order chi connectivity index (χ0) is 37.8. The second-order valence-corrected chi connectivity index (χ2v) is 16.2. The van der Waals surface area contributed by atoms with Gasteiger partial charge in [-0.15, -0.1) is 0 Å². The van der Waals surface area contributed by atoms with Gasteiger partial charge >= 0.3 is 6.18 Å². The molecular weight excluding hydrogens is 679 g/mol. The molecule has 4 amide bonds. The molecule has 2 heterocycles. The summed E-state index contributed by atoms with van der Waals surface area (Å²) in [6, 6.07) is -7.25. The fourth-order valence-electron chi connectivity index (χ4n) is 8.37. The third-order valence-electron chi connectivity index (χ3n) is 11.2. The average Bonchev–Trinajstić information content (AvgIpc) is 3.66. The molecule has 1 aromatic heterocycles. The molecule has 0 spiro atoms. The molecule has 1 saturated heterocycles. The van der Waals surface area contributed by atoms with Gasteiger partial charge in [0.2, 0.25) is 17.6 Å². The molecule has 12 nitrogen and oxygen atoms in total. The zero-order valence-corrected chi connectivity index (χ0v) is 30.6. The summed E-state index contributed by atoms with van der Waals surface area (Å²) < 4.78 is 45.9. The van der Waals surface area contributed by atoms with E-state index in [9.17, 15) is 24.0 Å². The maximum Gasteiger partial charge on any atom is 0.405 e. The standard InChI is InChI=1S/C37H54F3N7O5/c1-5-10-25(29(48)34(51)43-23-15-16-23)44-33(50)28-24-14-9-13-22(24)20-47(28)35(52)31(36(2,3)4)46-30(37(38,39)40)27(21-11-7-6-8-12-21)45-32(49)26-19-41-17-18-42-26/h17-19,21-25,27-28,30-31,46H,5-16,20H2,1-4H3,(H,43,51)(H,44,50)(H,45,49)/t22-,24-,25?,27?,28-,30-,31+/m0/s1. The summed E-state index contributed by atoms with van der Waals surface area (Å²) in [6.45, 7) is 7.03. The van der Waals surface area contributed by atoms with E-state index in [0.717, 1.165) is 32.1 Å². The Bertz CT molecular complexity index is 1440. The van der Waals surface area contributed by atoms with Gasteiger partial charge in [-0.3, -0.25) is 34.3 Å². The van der Waals surface area contributed by atoms with Crippen LogP contribution in [0, 0.1) is 23.2 Å². The number of hydrogen-bond donors (Lipinski definition) is 4. The lowest BCUT2D eigenvalue weighted by Gasteiger charge is -2.43. The summed E-state index contributed by atoms with van der Waals surface area (Å²) >= 11 is 0. The quantitative estimate of drug-likeness (QED) is 0.210. The van der Waals surface area contributed by atoms with Crippen molar-refractivity contribution in [1.29, 1.82) is 0 Å². The SMILES string of the molecule is CCCC(NC(=O)[C@@H]1[C@H]2CCC[C@H]2CN1C(=O)[C@@H](N[C@@H](C(NC(=O)c1cnccn1)C1CCCCC1)C(F)(F)F)C(C)(C)C)C(=O)C(=O)NC1CC1. The minimum absolute atomic E-state index is 0.0292. The molecule has 4 N–H and O–H groups in total. The number of nitrogens with zero attached hydrogens (tertiary/aromatic N) is 3. The molecule has 15 heteroatoms. The Morgan fingerprint density at radius 1 is 0.923 bits per heavy atom. The van der Waals surface area contributed by atoms with Gasteiger partial charge in [0.15, 0.2) is 0 Å². The van der Waals surface area contributed by atoms with Crippen LogP contribution in [0.25, 0.3) is 0 Å². The smallest absolute Gasteiger partial charge is 0.347 e. The van der Waals surface area contributed by atoms with E-state index in [4.69, 9.17) is 0 Å². The Kier molecular flexibility index (Phi) is 12.6. The number of Topliss-reactive ketones (excluding diaryl/α,β-unsaturated/α-hetero) is 1. The third-order valence-corrected chi connectivity index (χ3v) is 11.2. The highest BCUT2D eigenvalue weighted by molar-refractivity contribution is 6.38. The minimum atomic E-state index is -4.87. The first-order chi connectivity index (χ1) is 24.6. The lowest BCUT2D eigenvalue weighted by Crippen LogP contribution is -2.67. The van der Waals surface area contributed by atoms with E-state index < -0.39 is 77.1 Å². The highest BCUT2D eigenvalue weighted by Gasteiger charge is 2.55. The molecule has 2 unspecified atom stereocenters. The van der Waals surface area contributed by atoms with Gasteiger partial charge in [0.25, 0.3) is 11.8 Å². The second kappa shape index (κ2) is 16.6. The zero-order valence-electron chi connectivity index (χ0n) is 30.6. The number of ketones is 1. The molecule has 4 aliphatic rings. The summed E-state index contributed by atoms with van der Waals surface area (Å²) in [6.07, 6.45) is 6.81. The number of halogens is 3. The molecule has 3 aliphatic carbocycles. The Morgan fingerprint density at radius 2 is 1.63 bits per heavy atom. The molecule has 52 heavy (non-hydrogen) atoms. The maximum absolute atomic E-state index is 15.3. The molecular formula is C37H54F3N7O5. The van der Waals surface area contributed by atoms with Gasteiger partial charge in [0.1, 0.15) is 17.8 Å². The number of rotatable bonds is 14. The fraction of sp³-hybridized carbons (Fsp3) is 0.757. The van der Waals surface area contributed by atoms with Gasteiger partial charge in [0.05, 0.1) is 24.3 Å². The normalized spacial score (nSPS) is 24.7. The lowest BCUT2D eigenvalue weighted by atomic mass is 9.79. The van der Waals surface area contributed by atoms with Crippen LogP contribution in [0.1, 0.15) is 115 Å². The molecule has 4 fully saturated rings. The molecule has 5 rings (SSSR count). The highest BCUT2D eigenvalue weighted by Crippen LogP contribution is 2.44. The second-order valence-electron chi connectivity index (χ2n) is 16.2. The van der Waals surface area contributed by atoms with Crippen LogP contribution in [0.4, 0.5) is 13.2 Å². The summed E-state index contributed by atoms with van der Waals surface area (Å²) in [5.74, 6) is -4.30. The molecule has 288 valence electrons. The maximum atomic E-state index is 15.3. The number of fused-ring (bicyclic) bond motifs is 1. The fourth-order valence-corrected chi connectivity index (χ4v) is 8.37. The lowest BCUT2D eigenvalue weighted by molar-refractivity contribution is -0.172. The van der Waals surface area contributed by atoms with Crippen molar-refractivity contribution >= 4 is 29.4 Å². The topological polar surface area (TPSA) is 162 Å². The van der Waals surface area contributed by atoms with E-state index in [-0.39, 0.29) is 36.5 Å². The van der Waals surface area contributed by atoms with Crippen LogP contribution in [0.2, 0.25) is 0 Å². The molecule has 0 bridgehead atoms. The minimum Gasteiger partial charge on any atom is -0.347 e. The van der Waals surface area contributed by atoms with Crippen LogP contribution in [-0.4, -0.2) is 93.3 Å². The van der Waals surface area contributed by atoms with Crippen LogP contribution >= 0.6 is 0 Å². The van der Waals surface area contributed by atoms with Crippen LogP contribution in [0.15, 0.2) is 18.6 Å². The summed E-state index contributed by atoms with van der Waals surface area (Å²) in [5, 5.41) is 10.8. The van der Waals surface area contributed by atoms with Crippen molar-refractivity contribution in [2.75, 3.05) is 6.54 Å². The van der Waals surface area contributed by atoms with E-state index >= 15 is 13.2 Å². The Hall–Kier alpha value is -3.62. The van der Waals surface area contributed by atoms with Crippen molar-refractivity contribution in [1.82, 2.24) is 36.1 Å². The molecule has 3 saturated carbocycles.